The maximum Gasteiger partial charge on any atom is 0.134 e. The minimum atomic E-state index is 0.990. The van der Waals surface area contributed by atoms with Gasteiger partial charge in [-0.3, -0.25) is 0 Å². The second-order valence-corrected chi connectivity index (χ2v) is 2.60. The molecule has 0 bridgehead atoms. The Bertz CT molecular complexity index is 360. The molecule has 1 nitrogen and oxygen atoms in total. The molecule has 0 atom stereocenters. The summed E-state index contributed by atoms with van der Waals surface area (Å²) in [6, 6.07) is 8.19. The standard InChI is InChI=1S/C10H10O.C2H6/c1-2-8-4-3-5-10-9(8)6-7-11-10;1-2/h3-7H,2H2,1H3;1-2H3. The summed E-state index contributed by atoms with van der Waals surface area (Å²) < 4.78 is 5.26. The molecule has 2 rings (SSSR count). The monoisotopic (exact) mass is 176 g/mol. The van der Waals surface area contributed by atoms with Crippen molar-refractivity contribution >= 4 is 11.0 Å². The van der Waals surface area contributed by atoms with Crippen molar-refractivity contribution < 1.29 is 4.42 Å². The average Bonchev–Trinajstić information content (AvgIpc) is 2.68. The fourth-order valence-electron chi connectivity index (χ4n) is 1.37. The molecule has 0 amide bonds. The van der Waals surface area contributed by atoms with Gasteiger partial charge in [0.15, 0.2) is 0 Å². The zero-order chi connectivity index (χ0) is 9.68. The Morgan fingerprint density at radius 1 is 1.15 bits per heavy atom. The quantitative estimate of drug-likeness (QED) is 0.639. The van der Waals surface area contributed by atoms with E-state index in [1.807, 2.05) is 32.0 Å². The highest BCUT2D eigenvalue weighted by atomic mass is 16.3. The van der Waals surface area contributed by atoms with Gasteiger partial charge in [0.2, 0.25) is 0 Å². The molecule has 2 aromatic rings. The van der Waals surface area contributed by atoms with E-state index in [4.69, 9.17) is 4.42 Å². The molecule has 0 spiro atoms. The molecule has 1 heteroatoms. The maximum atomic E-state index is 5.26. The van der Waals surface area contributed by atoms with E-state index >= 15 is 0 Å². The van der Waals surface area contributed by atoms with Crippen molar-refractivity contribution in [2.45, 2.75) is 27.2 Å². The lowest BCUT2D eigenvalue weighted by Gasteiger charge is -1.95. The molecule has 0 aliphatic heterocycles. The van der Waals surface area contributed by atoms with Crippen molar-refractivity contribution in [3.8, 4) is 0 Å². The van der Waals surface area contributed by atoms with Gasteiger partial charge in [-0.25, -0.2) is 0 Å². The van der Waals surface area contributed by atoms with Crippen molar-refractivity contribution in [2.24, 2.45) is 0 Å². The van der Waals surface area contributed by atoms with Crippen LogP contribution in [-0.4, -0.2) is 0 Å². The SMILES string of the molecule is CC.CCc1cccc2occc12. The Morgan fingerprint density at radius 2 is 1.92 bits per heavy atom. The summed E-state index contributed by atoms with van der Waals surface area (Å²) in [4.78, 5) is 0. The average molecular weight is 176 g/mol. The lowest BCUT2D eigenvalue weighted by Crippen LogP contribution is -1.78. The summed E-state index contributed by atoms with van der Waals surface area (Å²) in [6.07, 6.45) is 2.81. The first kappa shape index (κ1) is 9.85. The number of fused-ring (bicyclic) bond motifs is 1. The van der Waals surface area contributed by atoms with E-state index in [0.717, 1.165) is 12.0 Å². The van der Waals surface area contributed by atoms with E-state index < -0.39 is 0 Å². The molecule has 13 heavy (non-hydrogen) atoms. The topological polar surface area (TPSA) is 13.1 Å². The molecule has 0 saturated carbocycles. The lowest BCUT2D eigenvalue weighted by molar-refractivity contribution is 0.616. The third kappa shape index (κ3) is 1.92. The molecule has 0 radical (unpaired) electrons. The molecule has 1 aromatic carbocycles. The van der Waals surface area contributed by atoms with Crippen LogP contribution in [0.4, 0.5) is 0 Å². The molecular formula is C12H16O. The van der Waals surface area contributed by atoms with Gasteiger partial charge < -0.3 is 4.42 Å². The van der Waals surface area contributed by atoms with Crippen molar-refractivity contribution in [3.63, 3.8) is 0 Å². The summed E-state index contributed by atoms with van der Waals surface area (Å²) in [6.45, 7) is 6.15. The number of aryl methyl sites for hydroxylation is 1. The van der Waals surface area contributed by atoms with Crippen LogP contribution in [0.1, 0.15) is 26.3 Å². The molecule has 1 heterocycles. The van der Waals surface area contributed by atoms with Crippen LogP contribution in [-0.2, 0) is 6.42 Å². The Hall–Kier alpha value is -1.24. The second-order valence-electron chi connectivity index (χ2n) is 2.60. The minimum Gasteiger partial charge on any atom is -0.464 e. The third-order valence-corrected chi connectivity index (χ3v) is 1.97. The van der Waals surface area contributed by atoms with Gasteiger partial charge in [0.05, 0.1) is 6.26 Å². The van der Waals surface area contributed by atoms with Crippen molar-refractivity contribution in [1.29, 1.82) is 0 Å². The van der Waals surface area contributed by atoms with Crippen LogP contribution < -0.4 is 0 Å². The fourth-order valence-corrected chi connectivity index (χ4v) is 1.37. The van der Waals surface area contributed by atoms with Gasteiger partial charge in [-0.1, -0.05) is 32.9 Å². The summed E-state index contributed by atoms with van der Waals surface area (Å²) >= 11 is 0. The molecule has 1 aromatic heterocycles. The Labute approximate surface area is 79.4 Å². The third-order valence-electron chi connectivity index (χ3n) is 1.97. The molecule has 0 N–H and O–H groups in total. The molecule has 0 aliphatic rings. The number of furan rings is 1. The molecular weight excluding hydrogens is 160 g/mol. The highest BCUT2D eigenvalue weighted by Gasteiger charge is 1.99. The molecule has 70 valence electrons. The molecule has 0 aliphatic carbocycles. The maximum absolute atomic E-state index is 5.26. The van der Waals surface area contributed by atoms with Gasteiger partial charge >= 0.3 is 0 Å². The number of benzene rings is 1. The van der Waals surface area contributed by atoms with Crippen LogP contribution in [0.25, 0.3) is 11.0 Å². The summed E-state index contributed by atoms with van der Waals surface area (Å²) in [5, 5.41) is 1.25. The zero-order valence-electron chi connectivity index (χ0n) is 8.50. The Morgan fingerprint density at radius 3 is 2.62 bits per heavy atom. The van der Waals surface area contributed by atoms with E-state index in [1.165, 1.54) is 10.9 Å². The van der Waals surface area contributed by atoms with Gasteiger partial charge in [0.25, 0.3) is 0 Å². The van der Waals surface area contributed by atoms with E-state index in [1.54, 1.807) is 6.26 Å². The largest absolute Gasteiger partial charge is 0.464 e. The Balaban J connectivity index is 0.000000396. The predicted molar refractivity (Wildman–Crippen MR) is 56.9 cm³/mol. The molecule has 0 unspecified atom stereocenters. The number of hydrogen-bond acceptors (Lipinski definition) is 1. The second kappa shape index (κ2) is 4.70. The van der Waals surface area contributed by atoms with Crippen LogP contribution in [0.3, 0.4) is 0 Å². The summed E-state index contributed by atoms with van der Waals surface area (Å²) in [5.41, 5.74) is 2.35. The van der Waals surface area contributed by atoms with Gasteiger partial charge in [0.1, 0.15) is 5.58 Å². The first-order chi connectivity index (χ1) is 6.42. The first-order valence-electron chi connectivity index (χ1n) is 4.87. The molecule has 0 fully saturated rings. The highest BCUT2D eigenvalue weighted by Crippen LogP contribution is 2.19. The van der Waals surface area contributed by atoms with Crippen LogP contribution in [0.5, 0.6) is 0 Å². The van der Waals surface area contributed by atoms with Crippen LogP contribution >= 0.6 is 0 Å². The van der Waals surface area contributed by atoms with E-state index in [2.05, 4.69) is 13.0 Å². The summed E-state index contributed by atoms with van der Waals surface area (Å²) in [7, 11) is 0. The van der Waals surface area contributed by atoms with Gasteiger partial charge in [0, 0.05) is 5.39 Å². The lowest BCUT2D eigenvalue weighted by atomic mass is 10.1. The number of hydrogen-bond donors (Lipinski definition) is 0. The van der Waals surface area contributed by atoms with Crippen LogP contribution in [0, 0.1) is 0 Å². The Kier molecular flexibility index (Phi) is 3.56. The van der Waals surface area contributed by atoms with E-state index in [0.29, 0.717) is 0 Å². The normalized spacial score (nSPS) is 9.46. The smallest absolute Gasteiger partial charge is 0.134 e. The zero-order valence-corrected chi connectivity index (χ0v) is 8.50. The highest BCUT2D eigenvalue weighted by molar-refractivity contribution is 5.80. The van der Waals surface area contributed by atoms with E-state index in [-0.39, 0.29) is 0 Å². The van der Waals surface area contributed by atoms with Crippen LogP contribution in [0.2, 0.25) is 0 Å². The first-order valence-corrected chi connectivity index (χ1v) is 4.87. The van der Waals surface area contributed by atoms with Gasteiger partial charge in [-0.15, -0.1) is 0 Å². The number of rotatable bonds is 1. The van der Waals surface area contributed by atoms with Gasteiger partial charge in [-0.05, 0) is 24.1 Å². The van der Waals surface area contributed by atoms with Gasteiger partial charge in [-0.2, -0.15) is 0 Å². The van der Waals surface area contributed by atoms with Crippen LogP contribution in [0.15, 0.2) is 34.9 Å². The summed E-state index contributed by atoms with van der Waals surface area (Å²) in [5.74, 6) is 0. The minimum absolute atomic E-state index is 0.990. The van der Waals surface area contributed by atoms with Crippen molar-refractivity contribution in [2.75, 3.05) is 0 Å². The molecule has 0 saturated heterocycles. The van der Waals surface area contributed by atoms with Crippen molar-refractivity contribution in [1.82, 2.24) is 0 Å². The van der Waals surface area contributed by atoms with Crippen molar-refractivity contribution in [3.05, 3.63) is 36.1 Å². The fraction of sp³-hybridized carbons (Fsp3) is 0.333. The van der Waals surface area contributed by atoms with E-state index in [9.17, 15) is 0 Å². The predicted octanol–water partition coefficient (Wildman–Crippen LogP) is 4.02.